The fourth-order valence-electron chi connectivity index (χ4n) is 14.6. The van der Waals surface area contributed by atoms with Gasteiger partial charge in [-0.05, 0) is 74.9 Å². The molecule has 0 aromatic heterocycles. The van der Waals surface area contributed by atoms with Crippen LogP contribution in [0.3, 0.4) is 0 Å². The first-order valence-electron chi connectivity index (χ1n) is 46.1. The van der Waals surface area contributed by atoms with Gasteiger partial charge in [0, 0.05) is 47.6 Å². The molecule has 0 N–H and O–H groups in total. The topological polar surface area (TPSA) is 73.8 Å². The number of benzene rings is 3. The molecule has 3 aromatic rings. The normalized spacial score (nSPS) is 11.7. The van der Waals surface area contributed by atoms with Gasteiger partial charge >= 0.3 is 0 Å². The van der Waals surface area contributed by atoms with E-state index in [0.717, 1.165) is 119 Å². The van der Waals surface area contributed by atoms with Gasteiger partial charge in [0.25, 0.3) is 0 Å². The van der Waals surface area contributed by atoms with Crippen molar-refractivity contribution >= 4 is 24.3 Å². The van der Waals surface area contributed by atoms with E-state index in [1.54, 1.807) is 14.2 Å². The fourth-order valence-corrected chi connectivity index (χ4v) is 14.6. The molecule has 610 valence electrons. The first-order valence-corrected chi connectivity index (χ1v) is 46.1. The number of hydrogen-bond donors (Lipinski definition) is 0. The van der Waals surface area contributed by atoms with Gasteiger partial charge in [0.2, 0.25) is 0 Å². The molecule has 0 aliphatic rings. The lowest BCUT2D eigenvalue weighted by Crippen LogP contribution is -2.05. The third-order valence-electron chi connectivity index (χ3n) is 21.5. The van der Waals surface area contributed by atoms with Crippen molar-refractivity contribution in [3.05, 3.63) is 69.8 Å². The van der Waals surface area contributed by atoms with Crippen LogP contribution in [-0.2, 0) is 22.7 Å². The van der Waals surface area contributed by atoms with E-state index in [9.17, 15) is 0 Å². The van der Waals surface area contributed by atoms with Crippen molar-refractivity contribution < 1.29 is 37.9 Å². The zero-order chi connectivity index (χ0) is 75.7. The molecule has 0 aliphatic carbocycles. The van der Waals surface area contributed by atoms with Crippen molar-refractivity contribution in [2.75, 3.05) is 53.9 Å². The highest BCUT2D eigenvalue weighted by Gasteiger charge is 2.17. The van der Waals surface area contributed by atoms with Crippen LogP contribution in [0.15, 0.2) is 36.4 Å². The van der Waals surface area contributed by atoms with Gasteiger partial charge in [-0.2, -0.15) is 0 Å². The minimum absolute atomic E-state index is 0.454. The first-order chi connectivity index (χ1) is 52.5. The molecule has 8 nitrogen and oxygen atoms in total. The number of methoxy groups -OCH3 is 2. The van der Waals surface area contributed by atoms with Gasteiger partial charge in [0.05, 0.1) is 52.9 Å². The summed E-state index contributed by atoms with van der Waals surface area (Å²) in [6, 6.07) is 13.3. The lowest BCUT2D eigenvalue weighted by Gasteiger charge is -2.18. The van der Waals surface area contributed by atoms with Gasteiger partial charge in [-0.25, -0.2) is 0 Å². The number of unbranched alkanes of at least 4 members (excludes halogenated alkanes) is 54. The molecule has 0 atom stereocenters. The molecule has 0 amide bonds. The Bertz CT molecular complexity index is 2310. The van der Waals surface area contributed by atoms with Crippen molar-refractivity contribution in [3.8, 4) is 34.5 Å². The highest BCUT2D eigenvalue weighted by atomic mass is 16.5. The van der Waals surface area contributed by atoms with Gasteiger partial charge in [-0.1, -0.05) is 413 Å². The second-order valence-corrected chi connectivity index (χ2v) is 31.6. The maximum atomic E-state index is 7.07. The maximum absolute atomic E-state index is 7.07. The predicted molar refractivity (Wildman–Crippen MR) is 463 cm³/mol. The molecule has 3 rings (SSSR count). The van der Waals surface area contributed by atoms with Crippen molar-refractivity contribution in [2.45, 2.75) is 440 Å². The lowest BCUT2D eigenvalue weighted by molar-refractivity contribution is 0.178. The van der Waals surface area contributed by atoms with E-state index in [0.29, 0.717) is 52.9 Å². The van der Waals surface area contributed by atoms with Crippen LogP contribution in [0.25, 0.3) is 24.3 Å². The van der Waals surface area contributed by atoms with Crippen LogP contribution >= 0.6 is 0 Å². The fraction of sp³-hybridized carbons (Fsp3) is 0.776. The largest absolute Gasteiger partial charge is 0.493 e. The quantitative estimate of drug-likeness (QED) is 0.0409. The van der Waals surface area contributed by atoms with Crippen LogP contribution < -0.4 is 28.4 Å². The van der Waals surface area contributed by atoms with Crippen LogP contribution in [0.5, 0.6) is 34.5 Å². The van der Waals surface area contributed by atoms with E-state index in [-0.39, 0.29) is 0 Å². The molecule has 0 unspecified atom stereocenters. The predicted octanol–water partition coefficient (Wildman–Crippen LogP) is 32.1. The summed E-state index contributed by atoms with van der Waals surface area (Å²) in [5.74, 6) is 5.18. The Morgan fingerprint density at radius 3 is 0.491 bits per heavy atom. The zero-order valence-corrected chi connectivity index (χ0v) is 71.1. The second-order valence-electron chi connectivity index (χ2n) is 31.6. The van der Waals surface area contributed by atoms with Crippen LogP contribution in [-0.4, -0.2) is 53.9 Å². The monoisotopic (exact) mass is 1480 g/mol. The lowest BCUT2D eigenvalue weighted by atomic mass is 10.0. The molecular weight excluding hydrogens is 1310 g/mol. The third kappa shape index (κ3) is 51.4. The van der Waals surface area contributed by atoms with E-state index >= 15 is 0 Å². The summed E-state index contributed by atoms with van der Waals surface area (Å²) in [4.78, 5) is 0. The summed E-state index contributed by atoms with van der Waals surface area (Å²) in [5.41, 5.74) is 6.02. The Morgan fingerprint density at radius 2 is 0.321 bits per heavy atom. The molecular formula is C98H170O8. The molecule has 106 heavy (non-hydrogen) atoms. The Kier molecular flexibility index (Phi) is 65.6. The summed E-state index contributed by atoms with van der Waals surface area (Å²) in [7, 11) is 3.57. The minimum Gasteiger partial charge on any atom is -0.493 e. The Balaban J connectivity index is 2.17. The highest BCUT2D eigenvalue weighted by Crippen LogP contribution is 2.38. The van der Waals surface area contributed by atoms with Crippen molar-refractivity contribution in [1.29, 1.82) is 0 Å². The van der Waals surface area contributed by atoms with Crippen molar-refractivity contribution in [1.82, 2.24) is 0 Å². The number of rotatable bonds is 80. The van der Waals surface area contributed by atoms with Crippen LogP contribution in [0.4, 0.5) is 0 Å². The summed E-state index contributed by atoms with van der Waals surface area (Å²) in [5, 5.41) is 0. The molecule has 0 spiro atoms. The zero-order valence-electron chi connectivity index (χ0n) is 71.1. The van der Waals surface area contributed by atoms with E-state index in [2.05, 4.69) is 102 Å². The van der Waals surface area contributed by atoms with Gasteiger partial charge < -0.3 is 37.9 Å². The summed E-state index contributed by atoms with van der Waals surface area (Å²) >= 11 is 0. The van der Waals surface area contributed by atoms with Gasteiger partial charge in [0.15, 0.2) is 0 Å². The SMILES string of the molecule is CCCCCCCCCCCCOc1cc(/C=C/c2cc(OCCCCCCCCCCCC)c(COC)cc2OCCCCCCCCCCCC)c(OCCCCCCCCCCCC)cc1/C=C/c1cc(OCCCCCCCCCCCC)c(COC)cc1OCCCCCCCCCCCC. The summed E-state index contributed by atoms with van der Waals surface area (Å²) in [6.07, 6.45) is 86.0. The van der Waals surface area contributed by atoms with Gasteiger partial charge in [-0.15, -0.1) is 0 Å². The molecule has 0 saturated heterocycles. The Hall–Kier alpha value is -4.14. The number of hydrogen-bond acceptors (Lipinski definition) is 8. The van der Waals surface area contributed by atoms with E-state index in [1.165, 1.54) is 334 Å². The summed E-state index contributed by atoms with van der Waals surface area (Å²) in [6.45, 7) is 18.7. The first kappa shape index (κ1) is 96.1. The van der Waals surface area contributed by atoms with E-state index < -0.39 is 0 Å². The van der Waals surface area contributed by atoms with Gasteiger partial charge in [0.1, 0.15) is 34.5 Å². The molecule has 0 bridgehead atoms. The number of ether oxygens (including phenoxy) is 8. The maximum Gasteiger partial charge on any atom is 0.127 e. The van der Waals surface area contributed by atoms with Gasteiger partial charge in [-0.3, -0.25) is 0 Å². The molecule has 0 saturated carbocycles. The highest BCUT2D eigenvalue weighted by molar-refractivity contribution is 5.81. The smallest absolute Gasteiger partial charge is 0.127 e. The van der Waals surface area contributed by atoms with Crippen molar-refractivity contribution in [3.63, 3.8) is 0 Å². The minimum atomic E-state index is 0.454. The second kappa shape index (κ2) is 72.4. The van der Waals surface area contributed by atoms with Crippen molar-refractivity contribution in [2.24, 2.45) is 0 Å². The average Bonchev–Trinajstić information content (AvgIpc) is 0.809. The third-order valence-corrected chi connectivity index (χ3v) is 21.5. The Morgan fingerprint density at radius 1 is 0.179 bits per heavy atom. The standard InChI is InChI=1S/C98H170O8/c1-9-15-21-27-33-39-45-51-57-63-73-101-93-79-88(70-72-90-82-98(106-78-68-62-56-50-44-38-32-26-20-14-6)92(86-100-8)84-96(90)104-76-66-60-54-48-42-36-30-24-18-12-4)94(102-74-64-58-52-46-40-34-28-22-16-10-2)80-87(93)69-71-89-81-97(105-77-67-61-55-49-43-37-31-25-19-13-5)91(85-99-7)83-95(89)103-75-65-59-53-47-41-35-29-23-17-11-3/h69-72,79-84H,9-68,73-78,85-86H2,1-8H3/b71-69+,72-70+. The Labute approximate surface area is 656 Å². The van der Waals surface area contributed by atoms with E-state index in [4.69, 9.17) is 37.9 Å². The van der Waals surface area contributed by atoms with Crippen LogP contribution in [0, 0.1) is 0 Å². The molecule has 0 radical (unpaired) electrons. The summed E-state index contributed by atoms with van der Waals surface area (Å²) < 4.78 is 53.2. The van der Waals surface area contributed by atoms with Crippen LogP contribution in [0.2, 0.25) is 0 Å². The average molecular weight is 1480 g/mol. The molecule has 8 heteroatoms. The molecule has 0 heterocycles. The molecule has 0 aliphatic heterocycles. The molecule has 3 aromatic carbocycles. The van der Waals surface area contributed by atoms with E-state index in [1.807, 2.05) is 0 Å². The van der Waals surface area contributed by atoms with Crippen LogP contribution in [0.1, 0.15) is 460 Å². The molecule has 0 fully saturated rings.